The molecule has 2 rings (SSSR count). The summed E-state index contributed by atoms with van der Waals surface area (Å²) >= 11 is 3.35. The van der Waals surface area contributed by atoms with Crippen molar-refractivity contribution in [3.63, 3.8) is 0 Å². The van der Waals surface area contributed by atoms with Gasteiger partial charge in [-0.05, 0) is 49.7 Å². The van der Waals surface area contributed by atoms with Gasteiger partial charge in [0.2, 0.25) is 0 Å². The first-order valence-corrected chi connectivity index (χ1v) is 7.25. The number of aryl methyl sites for hydroxylation is 1. The molecule has 0 saturated heterocycles. The molecule has 20 heavy (non-hydrogen) atoms. The second-order valence-electron chi connectivity index (χ2n) is 4.62. The second-order valence-corrected chi connectivity index (χ2v) is 5.54. The maximum atomic E-state index is 12.7. The van der Waals surface area contributed by atoms with Crippen molar-refractivity contribution in [3.05, 3.63) is 58.1 Å². The average Bonchev–Trinajstić information content (AvgIpc) is 2.39. The Kier molecular flexibility index (Phi) is 4.45. The van der Waals surface area contributed by atoms with E-state index >= 15 is 0 Å². The van der Waals surface area contributed by atoms with Gasteiger partial charge in [-0.1, -0.05) is 28.1 Å². The third kappa shape index (κ3) is 3.02. The minimum atomic E-state index is -0.0805. The molecule has 0 bridgehead atoms. The van der Waals surface area contributed by atoms with Crippen LogP contribution in [0.3, 0.4) is 0 Å². The quantitative estimate of drug-likeness (QED) is 0.863. The number of nitrogen functional groups attached to an aromatic ring is 1. The molecule has 0 fully saturated rings. The zero-order valence-corrected chi connectivity index (χ0v) is 13.1. The Morgan fingerprint density at radius 3 is 2.60 bits per heavy atom. The molecular formula is C16H17BrN2O. The average molecular weight is 333 g/mol. The standard InChI is InChI=1S/C16H17BrN2O/c1-3-19(13-6-4-5-11(2)9-13)16(20)14-8-7-12(17)10-15(14)18/h4-10H,3,18H2,1-2H3. The number of rotatable bonds is 3. The summed E-state index contributed by atoms with van der Waals surface area (Å²) in [6.07, 6.45) is 0. The molecule has 0 spiro atoms. The van der Waals surface area contributed by atoms with E-state index in [4.69, 9.17) is 5.73 Å². The summed E-state index contributed by atoms with van der Waals surface area (Å²) in [4.78, 5) is 14.4. The zero-order valence-electron chi connectivity index (χ0n) is 11.6. The van der Waals surface area contributed by atoms with Gasteiger partial charge in [-0.15, -0.1) is 0 Å². The van der Waals surface area contributed by atoms with Crippen LogP contribution in [0.2, 0.25) is 0 Å². The van der Waals surface area contributed by atoms with Crippen LogP contribution in [0.4, 0.5) is 11.4 Å². The molecule has 1 amide bonds. The molecule has 0 aliphatic heterocycles. The molecule has 0 aromatic heterocycles. The first-order chi connectivity index (χ1) is 9.52. The van der Waals surface area contributed by atoms with Crippen LogP contribution in [0.15, 0.2) is 46.9 Å². The van der Waals surface area contributed by atoms with Crippen LogP contribution in [0.1, 0.15) is 22.8 Å². The van der Waals surface area contributed by atoms with Crippen LogP contribution in [0.25, 0.3) is 0 Å². The number of benzene rings is 2. The summed E-state index contributed by atoms with van der Waals surface area (Å²) in [6, 6.07) is 13.2. The van der Waals surface area contributed by atoms with Crippen LogP contribution in [0.5, 0.6) is 0 Å². The minimum Gasteiger partial charge on any atom is -0.398 e. The fourth-order valence-electron chi connectivity index (χ4n) is 2.11. The Bertz CT molecular complexity index is 640. The molecule has 104 valence electrons. The summed E-state index contributed by atoms with van der Waals surface area (Å²) in [5.74, 6) is -0.0805. The lowest BCUT2D eigenvalue weighted by atomic mass is 10.1. The smallest absolute Gasteiger partial charge is 0.260 e. The van der Waals surface area contributed by atoms with Gasteiger partial charge in [-0.2, -0.15) is 0 Å². The van der Waals surface area contributed by atoms with Crippen molar-refractivity contribution in [1.82, 2.24) is 0 Å². The van der Waals surface area contributed by atoms with E-state index in [1.54, 1.807) is 17.0 Å². The van der Waals surface area contributed by atoms with Gasteiger partial charge in [0.05, 0.1) is 5.56 Å². The molecule has 2 N–H and O–H groups in total. The van der Waals surface area contributed by atoms with Gasteiger partial charge >= 0.3 is 0 Å². The van der Waals surface area contributed by atoms with Crippen LogP contribution < -0.4 is 10.6 Å². The van der Waals surface area contributed by atoms with Crippen LogP contribution in [-0.4, -0.2) is 12.5 Å². The zero-order chi connectivity index (χ0) is 14.7. The molecule has 4 heteroatoms. The van der Waals surface area contributed by atoms with Crippen molar-refractivity contribution in [2.24, 2.45) is 0 Å². The number of hydrogen-bond donors (Lipinski definition) is 1. The third-order valence-electron chi connectivity index (χ3n) is 3.12. The molecule has 2 aromatic carbocycles. The maximum absolute atomic E-state index is 12.7. The van der Waals surface area contributed by atoms with Crippen LogP contribution in [-0.2, 0) is 0 Å². The lowest BCUT2D eigenvalue weighted by Gasteiger charge is -2.22. The molecule has 0 unspecified atom stereocenters. The molecule has 2 aromatic rings. The van der Waals surface area contributed by atoms with E-state index in [1.807, 2.05) is 44.2 Å². The number of nitrogens with zero attached hydrogens (tertiary/aromatic N) is 1. The topological polar surface area (TPSA) is 46.3 Å². The van der Waals surface area contributed by atoms with E-state index in [-0.39, 0.29) is 5.91 Å². The molecular weight excluding hydrogens is 316 g/mol. The molecule has 0 radical (unpaired) electrons. The van der Waals surface area contributed by atoms with Crippen molar-refractivity contribution < 1.29 is 4.79 Å². The fourth-order valence-corrected chi connectivity index (χ4v) is 2.49. The number of carbonyl (C=O) groups excluding carboxylic acids is 1. The van der Waals surface area contributed by atoms with E-state index in [1.165, 1.54) is 0 Å². The van der Waals surface area contributed by atoms with E-state index in [0.29, 0.717) is 17.8 Å². The molecule has 0 aliphatic rings. The minimum absolute atomic E-state index is 0.0805. The number of amides is 1. The number of anilines is 2. The molecule has 0 saturated carbocycles. The predicted octanol–water partition coefficient (Wildman–Crippen LogP) is 4.01. The number of halogens is 1. The van der Waals surface area contributed by atoms with Gasteiger partial charge in [-0.25, -0.2) is 0 Å². The van der Waals surface area contributed by atoms with Gasteiger partial charge < -0.3 is 10.6 Å². The van der Waals surface area contributed by atoms with Gasteiger partial charge in [0.25, 0.3) is 5.91 Å². The van der Waals surface area contributed by atoms with E-state index in [0.717, 1.165) is 15.7 Å². The highest BCUT2D eigenvalue weighted by Crippen LogP contribution is 2.23. The van der Waals surface area contributed by atoms with E-state index < -0.39 is 0 Å². The number of nitrogens with two attached hydrogens (primary N) is 1. The number of hydrogen-bond acceptors (Lipinski definition) is 2. The molecule has 0 heterocycles. The van der Waals surface area contributed by atoms with Crippen molar-refractivity contribution in [3.8, 4) is 0 Å². The summed E-state index contributed by atoms with van der Waals surface area (Å²) in [5, 5.41) is 0. The first kappa shape index (κ1) is 14.6. The van der Waals surface area contributed by atoms with Crippen molar-refractivity contribution >= 4 is 33.2 Å². The Morgan fingerprint density at radius 2 is 2.00 bits per heavy atom. The van der Waals surface area contributed by atoms with Gasteiger partial charge in [0.15, 0.2) is 0 Å². The lowest BCUT2D eigenvalue weighted by molar-refractivity contribution is 0.0989. The Morgan fingerprint density at radius 1 is 1.25 bits per heavy atom. The van der Waals surface area contributed by atoms with Crippen molar-refractivity contribution in [1.29, 1.82) is 0 Å². The molecule has 0 atom stereocenters. The van der Waals surface area contributed by atoms with Gasteiger partial charge in [-0.3, -0.25) is 4.79 Å². The van der Waals surface area contributed by atoms with Crippen LogP contribution in [0, 0.1) is 6.92 Å². The van der Waals surface area contributed by atoms with Crippen molar-refractivity contribution in [2.45, 2.75) is 13.8 Å². The molecule has 0 aliphatic carbocycles. The summed E-state index contributed by atoms with van der Waals surface area (Å²) in [7, 11) is 0. The first-order valence-electron chi connectivity index (χ1n) is 6.46. The third-order valence-corrected chi connectivity index (χ3v) is 3.61. The highest BCUT2D eigenvalue weighted by Gasteiger charge is 2.18. The Balaban J connectivity index is 2.39. The van der Waals surface area contributed by atoms with E-state index in [2.05, 4.69) is 15.9 Å². The summed E-state index contributed by atoms with van der Waals surface area (Å²) < 4.78 is 0.866. The van der Waals surface area contributed by atoms with Crippen LogP contribution >= 0.6 is 15.9 Å². The van der Waals surface area contributed by atoms with E-state index in [9.17, 15) is 4.79 Å². The monoisotopic (exact) mass is 332 g/mol. The largest absolute Gasteiger partial charge is 0.398 e. The normalized spacial score (nSPS) is 10.3. The SMILES string of the molecule is CCN(C(=O)c1ccc(Br)cc1N)c1cccc(C)c1. The van der Waals surface area contributed by atoms with Crippen molar-refractivity contribution in [2.75, 3.05) is 17.2 Å². The Hall–Kier alpha value is -1.81. The fraction of sp³-hybridized carbons (Fsp3) is 0.188. The highest BCUT2D eigenvalue weighted by atomic mass is 79.9. The molecule has 3 nitrogen and oxygen atoms in total. The maximum Gasteiger partial charge on any atom is 0.260 e. The second kappa shape index (κ2) is 6.09. The van der Waals surface area contributed by atoms with Gasteiger partial charge in [0.1, 0.15) is 0 Å². The Labute approximate surface area is 127 Å². The highest BCUT2D eigenvalue weighted by molar-refractivity contribution is 9.10. The van der Waals surface area contributed by atoms with Gasteiger partial charge in [0, 0.05) is 22.4 Å². The summed E-state index contributed by atoms with van der Waals surface area (Å²) in [5.41, 5.74) is 8.96. The lowest BCUT2D eigenvalue weighted by Crippen LogP contribution is -2.31. The number of carbonyl (C=O) groups is 1. The summed E-state index contributed by atoms with van der Waals surface area (Å²) in [6.45, 7) is 4.56. The predicted molar refractivity (Wildman–Crippen MR) is 87.1 cm³/mol.